The lowest BCUT2D eigenvalue weighted by Crippen LogP contribution is -2.61. The van der Waals surface area contributed by atoms with Crippen molar-refractivity contribution >= 4 is 17.5 Å². The first-order valence-corrected chi connectivity index (χ1v) is 13.2. The van der Waals surface area contributed by atoms with Gasteiger partial charge in [0.25, 0.3) is 0 Å². The number of hydrogen-bond donors (Lipinski definition) is 1. The highest BCUT2D eigenvalue weighted by Crippen LogP contribution is 2.69. The summed E-state index contributed by atoms with van der Waals surface area (Å²) in [5.41, 5.74) is 1.25. The number of nitrogens with zero attached hydrogens (tertiary/aromatic N) is 1. The van der Waals surface area contributed by atoms with E-state index < -0.39 is 0 Å². The van der Waals surface area contributed by atoms with Crippen molar-refractivity contribution in [3.05, 3.63) is 11.6 Å². The van der Waals surface area contributed by atoms with E-state index in [-0.39, 0.29) is 51.6 Å². The molecule has 9 atom stereocenters. The zero-order valence-electron chi connectivity index (χ0n) is 21.0. The second kappa shape index (κ2) is 7.50. The van der Waals surface area contributed by atoms with E-state index in [2.05, 4.69) is 27.7 Å². The Kier molecular flexibility index (Phi) is 5.29. The maximum absolute atomic E-state index is 14.0. The molecule has 0 radical (unpaired) electrons. The highest BCUT2D eigenvalue weighted by Gasteiger charge is 2.64. The minimum atomic E-state index is -0.195. The largest absolute Gasteiger partial charge is 0.299 e. The fourth-order valence-corrected chi connectivity index (χ4v) is 9.66. The molecule has 4 saturated carbocycles. The van der Waals surface area contributed by atoms with Gasteiger partial charge in [-0.05, 0) is 91.4 Å². The summed E-state index contributed by atoms with van der Waals surface area (Å²) in [5.74, 6) is 1.25. The second-order valence-electron chi connectivity index (χ2n) is 13.0. The number of fused-ring (bicyclic) bond motifs is 7. The molecular formula is C28H41NO4. The van der Waals surface area contributed by atoms with E-state index in [4.69, 9.17) is 0 Å². The van der Waals surface area contributed by atoms with E-state index in [1.807, 2.05) is 6.08 Å². The van der Waals surface area contributed by atoms with Crippen molar-refractivity contribution in [3.63, 3.8) is 0 Å². The van der Waals surface area contributed by atoms with Crippen LogP contribution >= 0.6 is 0 Å². The van der Waals surface area contributed by atoms with Crippen LogP contribution in [0.4, 0.5) is 0 Å². The topological polar surface area (TPSA) is 74.7 Å². The SMILES string of the molecule is CC1C(=O)CCC2(C)C1CCC1(C)C3CCC4(C)CCC(C(=O)N(C)O)CC4C3=CC(=O)C12. The molecule has 5 nitrogen and oxygen atoms in total. The van der Waals surface area contributed by atoms with Gasteiger partial charge >= 0.3 is 0 Å². The zero-order chi connectivity index (χ0) is 23.9. The average Bonchev–Trinajstić information content (AvgIpc) is 2.75. The Bertz CT molecular complexity index is 923. The van der Waals surface area contributed by atoms with Gasteiger partial charge in [0.15, 0.2) is 5.78 Å². The molecule has 9 unspecified atom stereocenters. The van der Waals surface area contributed by atoms with Gasteiger partial charge in [-0.1, -0.05) is 33.3 Å². The third-order valence-electron chi connectivity index (χ3n) is 11.5. The maximum atomic E-state index is 14.0. The highest BCUT2D eigenvalue weighted by atomic mass is 16.5. The Morgan fingerprint density at radius 3 is 2.39 bits per heavy atom. The van der Waals surface area contributed by atoms with Gasteiger partial charge in [0, 0.05) is 31.2 Å². The summed E-state index contributed by atoms with van der Waals surface area (Å²) >= 11 is 0. The Morgan fingerprint density at radius 2 is 1.70 bits per heavy atom. The summed E-state index contributed by atoms with van der Waals surface area (Å²) < 4.78 is 0. The van der Waals surface area contributed by atoms with Crippen LogP contribution in [-0.2, 0) is 14.4 Å². The standard InChI is InChI=1S/C28H41NO4/c1-16-19-8-12-28(4)20-7-11-26(2)10-6-17(25(32)29(5)33)14-21(26)18(20)15-23(31)24(28)27(19,3)13-9-22(16)30/h15-17,19-21,24,33H,6-14H2,1-5H3. The number of ketones is 2. The van der Waals surface area contributed by atoms with Crippen molar-refractivity contribution in [2.75, 3.05) is 7.05 Å². The van der Waals surface area contributed by atoms with Crippen molar-refractivity contribution in [2.24, 2.45) is 51.8 Å². The lowest BCUT2D eigenvalue weighted by Gasteiger charge is -2.64. The zero-order valence-corrected chi connectivity index (χ0v) is 21.0. The van der Waals surface area contributed by atoms with Crippen molar-refractivity contribution < 1.29 is 19.6 Å². The summed E-state index contributed by atoms with van der Waals surface area (Å²) in [7, 11) is 1.42. The minimum absolute atomic E-state index is 0.0120. The van der Waals surface area contributed by atoms with E-state index >= 15 is 0 Å². The van der Waals surface area contributed by atoms with Crippen LogP contribution < -0.4 is 0 Å². The van der Waals surface area contributed by atoms with E-state index in [0.29, 0.717) is 24.0 Å². The molecule has 5 aliphatic carbocycles. The van der Waals surface area contributed by atoms with Crippen LogP contribution in [0, 0.1) is 51.8 Å². The van der Waals surface area contributed by atoms with Crippen LogP contribution in [0.25, 0.3) is 0 Å². The van der Waals surface area contributed by atoms with E-state index in [1.54, 1.807) is 0 Å². The minimum Gasteiger partial charge on any atom is -0.299 e. The molecule has 5 rings (SSSR count). The summed E-state index contributed by atoms with van der Waals surface area (Å²) in [4.78, 5) is 39.1. The third-order valence-corrected chi connectivity index (χ3v) is 11.5. The van der Waals surface area contributed by atoms with Gasteiger partial charge in [-0.2, -0.15) is 0 Å². The molecule has 0 aromatic heterocycles. The normalized spacial score (nSPS) is 49.2. The predicted molar refractivity (Wildman–Crippen MR) is 125 cm³/mol. The molecule has 182 valence electrons. The van der Waals surface area contributed by atoms with Crippen LogP contribution in [0.2, 0.25) is 0 Å². The summed E-state index contributed by atoms with van der Waals surface area (Å²) in [6, 6.07) is 0. The van der Waals surface area contributed by atoms with Gasteiger partial charge < -0.3 is 0 Å². The van der Waals surface area contributed by atoms with Crippen molar-refractivity contribution in [2.45, 2.75) is 85.5 Å². The number of Topliss-reactive ketones (excluding diaryl/α,β-unsaturated/α-hetero) is 1. The van der Waals surface area contributed by atoms with Crippen LogP contribution in [0.1, 0.15) is 85.5 Å². The van der Waals surface area contributed by atoms with Gasteiger partial charge in [0.05, 0.1) is 0 Å². The van der Waals surface area contributed by atoms with E-state index in [0.717, 1.165) is 56.4 Å². The Balaban J connectivity index is 1.53. The fraction of sp³-hybridized carbons (Fsp3) is 0.821. The molecule has 1 amide bonds. The van der Waals surface area contributed by atoms with Crippen molar-refractivity contribution in [3.8, 4) is 0 Å². The van der Waals surface area contributed by atoms with Gasteiger partial charge in [-0.15, -0.1) is 0 Å². The number of allylic oxidation sites excluding steroid dienone is 2. The van der Waals surface area contributed by atoms with Crippen molar-refractivity contribution in [1.29, 1.82) is 0 Å². The molecule has 0 bridgehead atoms. The average molecular weight is 456 g/mol. The fourth-order valence-electron chi connectivity index (χ4n) is 9.66. The van der Waals surface area contributed by atoms with Crippen LogP contribution in [0.5, 0.6) is 0 Å². The number of hydroxylamine groups is 2. The monoisotopic (exact) mass is 455 g/mol. The first-order valence-electron chi connectivity index (χ1n) is 13.2. The molecule has 1 N–H and O–H groups in total. The Morgan fingerprint density at radius 1 is 1.00 bits per heavy atom. The molecule has 0 aromatic carbocycles. The summed E-state index contributed by atoms with van der Waals surface area (Å²) in [6.07, 6.45) is 10.3. The molecule has 0 aromatic rings. The molecule has 4 fully saturated rings. The summed E-state index contributed by atoms with van der Waals surface area (Å²) in [6.45, 7) is 9.11. The quantitative estimate of drug-likeness (QED) is 0.435. The Hall–Kier alpha value is -1.49. The van der Waals surface area contributed by atoms with Gasteiger partial charge in [0.2, 0.25) is 5.91 Å². The predicted octanol–water partition coefficient (Wildman–Crippen LogP) is 5.21. The molecule has 0 spiro atoms. The highest BCUT2D eigenvalue weighted by molar-refractivity contribution is 5.96. The van der Waals surface area contributed by atoms with E-state index in [1.165, 1.54) is 12.6 Å². The lowest BCUT2D eigenvalue weighted by molar-refractivity contribution is -0.169. The van der Waals surface area contributed by atoms with Crippen molar-refractivity contribution in [1.82, 2.24) is 5.06 Å². The first kappa shape index (κ1) is 23.3. The molecule has 33 heavy (non-hydrogen) atoms. The maximum Gasteiger partial charge on any atom is 0.248 e. The van der Waals surface area contributed by atoms with Gasteiger partial charge in [-0.25, -0.2) is 5.06 Å². The van der Waals surface area contributed by atoms with Crippen LogP contribution in [-0.4, -0.2) is 34.8 Å². The number of amides is 1. The molecular weight excluding hydrogens is 414 g/mol. The number of hydrogen-bond acceptors (Lipinski definition) is 4. The van der Waals surface area contributed by atoms with Crippen LogP contribution in [0.3, 0.4) is 0 Å². The number of carbonyl (C=O) groups excluding carboxylic acids is 3. The van der Waals surface area contributed by atoms with E-state index in [9.17, 15) is 19.6 Å². The molecule has 0 aliphatic heterocycles. The van der Waals surface area contributed by atoms with Gasteiger partial charge in [-0.3, -0.25) is 19.6 Å². The summed E-state index contributed by atoms with van der Waals surface area (Å²) in [5, 5.41) is 10.5. The third kappa shape index (κ3) is 3.17. The molecule has 5 heteroatoms. The number of carbonyl (C=O) groups is 3. The molecule has 0 heterocycles. The second-order valence-corrected chi connectivity index (χ2v) is 13.0. The molecule has 5 aliphatic rings. The molecule has 0 saturated heterocycles. The lowest BCUT2D eigenvalue weighted by atomic mass is 9.38. The van der Waals surface area contributed by atoms with Crippen LogP contribution in [0.15, 0.2) is 11.6 Å². The van der Waals surface area contributed by atoms with Gasteiger partial charge in [0.1, 0.15) is 5.78 Å². The number of rotatable bonds is 1. The Labute approximate surface area is 198 Å². The first-order chi connectivity index (χ1) is 15.4. The smallest absolute Gasteiger partial charge is 0.248 e.